The van der Waals surface area contributed by atoms with E-state index < -0.39 is 17.3 Å². The van der Waals surface area contributed by atoms with Crippen molar-refractivity contribution in [1.82, 2.24) is 4.31 Å². The van der Waals surface area contributed by atoms with Crippen LogP contribution in [-0.2, 0) is 20.9 Å². The number of carbonyl (C=O) groups is 1. The van der Waals surface area contributed by atoms with E-state index in [9.17, 15) is 9.35 Å². The van der Waals surface area contributed by atoms with Gasteiger partial charge in [-0.2, -0.15) is 4.31 Å². The highest BCUT2D eigenvalue weighted by Crippen LogP contribution is 2.40. The van der Waals surface area contributed by atoms with E-state index in [2.05, 4.69) is 30.3 Å². The van der Waals surface area contributed by atoms with Crippen molar-refractivity contribution in [2.24, 2.45) is 5.92 Å². The third kappa shape index (κ3) is 5.40. The van der Waals surface area contributed by atoms with Crippen LogP contribution in [0.4, 0.5) is 0 Å². The van der Waals surface area contributed by atoms with Crippen molar-refractivity contribution in [2.45, 2.75) is 55.3 Å². The molecule has 7 heteroatoms. The maximum Gasteiger partial charge on any atom is 0.303 e. The van der Waals surface area contributed by atoms with Crippen LogP contribution in [0.15, 0.2) is 77.0 Å². The molecule has 184 valence electrons. The second kappa shape index (κ2) is 10.7. The third-order valence-corrected chi connectivity index (χ3v) is 9.34. The number of benzene rings is 2. The SMILES string of the molecule is O=C(O)CC1CCC(c2ccc(C3C=CC4=C(C3)OCCN4[S+]([O-])c3ccccc3Cl)cc2)CC1. The Hall–Kier alpha value is -2.41. The number of allylic oxidation sites excluding steroid dienone is 3. The Kier molecular flexibility index (Phi) is 7.42. The number of aliphatic carboxylic acids is 1. The highest BCUT2D eigenvalue weighted by atomic mass is 35.5. The summed E-state index contributed by atoms with van der Waals surface area (Å²) in [6, 6.07) is 16.2. The number of rotatable bonds is 6. The quantitative estimate of drug-likeness (QED) is 0.454. The van der Waals surface area contributed by atoms with Gasteiger partial charge in [0.15, 0.2) is 4.90 Å². The van der Waals surface area contributed by atoms with E-state index in [1.54, 1.807) is 6.07 Å². The van der Waals surface area contributed by atoms with Crippen LogP contribution >= 0.6 is 11.6 Å². The molecule has 5 nitrogen and oxygen atoms in total. The average Bonchev–Trinajstić information content (AvgIpc) is 2.88. The number of hydrogen-bond acceptors (Lipinski definition) is 4. The standard InChI is InChI=1S/C28H30ClNO4S/c29-24-3-1-2-4-27(24)35(33)30-15-16-34-26-18-23(13-14-25(26)30)22-11-9-21(10-12-22)20-7-5-19(6-8-20)17-28(31)32/h1-4,9-14,19-20,23H,5-8,15-18H2,(H,31,32). The van der Waals surface area contributed by atoms with Crippen LogP contribution in [0.2, 0.25) is 5.02 Å². The van der Waals surface area contributed by atoms with Crippen LogP contribution in [0.5, 0.6) is 0 Å². The molecule has 0 spiro atoms. The predicted octanol–water partition coefficient (Wildman–Crippen LogP) is 6.40. The van der Waals surface area contributed by atoms with Gasteiger partial charge in [-0.05, 0) is 66.9 Å². The molecule has 1 saturated carbocycles. The topological polar surface area (TPSA) is 72.8 Å². The third-order valence-electron chi connectivity index (χ3n) is 7.39. The van der Waals surface area contributed by atoms with E-state index in [4.69, 9.17) is 21.4 Å². The Morgan fingerprint density at radius 3 is 2.51 bits per heavy atom. The van der Waals surface area contributed by atoms with Gasteiger partial charge in [-0.3, -0.25) is 4.79 Å². The van der Waals surface area contributed by atoms with E-state index >= 15 is 0 Å². The van der Waals surface area contributed by atoms with Gasteiger partial charge in [-0.1, -0.05) is 54.1 Å². The van der Waals surface area contributed by atoms with Crippen LogP contribution in [0, 0.1) is 5.92 Å². The largest absolute Gasteiger partial charge is 0.588 e. The first-order chi connectivity index (χ1) is 17.0. The molecule has 1 fully saturated rings. The molecule has 2 aliphatic carbocycles. The molecule has 0 bridgehead atoms. The first kappa shape index (κ1) is 24.3. The Morgan fingerprint density at radius 2 is 1.80 bits per heavy atom. The summed E-state index contributed by atoms with van der Waals surface area (Å²) in [5.74, 6) is 1.24. The fourth-order valence-electron chi connectivity index (χ4n) is 5.47. The summed E-state index contributed by atoms with van der Waals surface area (Å²) in [5, 5.41) is 9.55. The first-order valence-electron chi connectivity index (χ1n) is 12.3. The molecule has 35 heavy (non-hydrogen) atoms. The number of carboxylic acid groups (broad SMARTS) is 1. The Morgan fingerprint density at radius 1 is 1.09 bits per heavy atom. The van der Waals surface area contributed by atoms with Crippen LogP contribution in [0.25, 0.3) is 0 Å². The van der Waals surface area contributed by atoms with Gasteiger partial charge in [-0.15, -0.1) is 0 Å². The van der Waals surface area contributed by atoms with Gasteiger partial charge in [-0.25, -0.2) is 0 Å². The molecule has 2 atom stereocenters. The molecular formula is C28H30ClNO4S. The summed E-state index contributed by atoms with van der Waals surface area (Å²) in [5.41, 5.74) is 3.46. The molecular weight excluding hydrogens is 482 g/mol. The number of halogens is 1. The van der Waals surface area contributed by atoms with Gasteiger partial charge < -0.3 is 14.4 Å². The highest BCUT2D eigenvalue weighted by molar-refractivity contribution is 7.89. The number of carboxylic acids is 1. The lowest BCUT2D eigenvalue weighted by Gasteiger charge is -2.35. The number of nitrogens with zero attached hydrogens (tertiary/aromatic N) is 1. The Bertz CT molecular complexity index is 1120. The smallest absolute Gasteiger partial charge is 0.303 e. The van der Waals surface area contributed by atoms with Crippen molar-refractivity contribution in [3.05, 3.63) is 88.3 Å². The molecule has 2 aromatic rings. The maximum atomic E-state index is 13.3. The van der Waals surface area contributed by atoms with Crippen LogP contribution in [0.1, 0.15) is 61.5 Å². The van der Waals surface area contributed by atoms with Crippen LogP contribution < -0.4 is 0 Å². The van der Waals surface area contributed by atoms with Crippen LogP contribution in [-0.4, -0.2) is 33.1 Å². The second-order valence-corrected chi connectivity index (χ2v) is 11.4. The molecule has 5 rings (SSSR count). The van der Waals surface area contributed by atoms with Gasteiger partial charge in [0, 0.05) is 18.8 Å². The minimum absolute atomic E-state index is 0.211. The fourth-order valence-corrected chi connectivity index (χ4v) is 7.05. The Labute approximate surface area is 214 Å². The Balaban J connectivity index is 1.24. The van der Waals surface area contributed by atoms with Gasteiger partial charge in [0.05, 0.1) is 5.02 Å². The molecule has 1 N–H and O–H groups in total. The van der Waals surface area contributed by atoms with E-state index in [-0.39, 0.29) is 5.92 Å². The van der Waals surface area contributed by atoms with Crippen molar-refractivity contribution in [2.75, 3.05) is 13.2 Å². The lowest BCUT2D eigenvalue weighted by atomic mass is 9.77. The lowest BCUT2D eigenvalue weighted by molar-refractivity contribution is -0.138. The zero-order valence-corrected chi connectivity index (χ0v) is 21.1. The van der Waals surface area contributed by atoms with Gasteiger partial charge in [0.1, 0.15) is 36.0 Å². The van der Waals surface area contributed by atoms with Crippen molar-refractivity contribution < 1.29 is 19.2 Å². The van der Waals surface area contributed by atoms with E-state index in [0.29, 0.717) is 41.3 Å². The maximum absolute atomic E-state index is 13.3. The molecule has 1 aliphatic heterocycles. The molecule has 0 amide bonds. The number of ether oxygens (including phenoxy) is 1. The summed E-state index contributed by atoms with van der Waals surface area (Å²) in [6.45, 7) is 1.05. The van der Waals surface area contributed by atoms with E-state index in [0.717, 1.165) is 43.6 Å². The van der Waals surface area contributed by atoms with E-state index in [1.807, 2.05) is 28.6 Å². The predicted molar refractivity (Wildman–Crippen MR) is 137 cm³/mol. The molecule has 3 aliphatic rings. The zero-order chi connectivity index (χ0) is 24.4. The van der Waals surface area contributed by atoms with Crippen molar-refractivity contribution in [3.8, 4) is 0 Å². The normalized spacial score (nSPS) is 25.1. The summed E-state index contributed by atoms with van der Waals surface area (Å²) < 4.78 is 21.2. The van der Waals surface area contributed by atoms with Gasteiger partial charge in [0.25, 0.3) is 0 Å². The van der Waals surface area contributed by atoms with Crippen molar-refractivity contribution in [1.29, 1.82) is 0 Å². The monoisotopic (exact) mass is 511 g/mol. The van der Waals surface area contributed by atoms with Gasteiger partial charge in [0.2, 0.25) is 0 Å². The first-order valence-corrected chi connectivity index (χ1v) is 13.8. The van der Waals surface area contributed by atoms with Crippen molar-refractivity contribution in [3.63, 3.8) is 0 Å². The lowest BCUT2D eigenvalue weighted by Crippen LogP contribution is -2.38. The molecule has 0 radical (unpaired) electrons. The zero-order valence-electron chi connectivity index (χ0n) is 19.6. The highest BCUT2D eigenvalue weighted by Gasteiger charge is 2.34. The number of hydrogen-bond donors (Lipinski definition) is 1. The molecule has 0 aromatic heterocycles. The van der Waals surface area contributed by atoms with Crippen LogP contribution in [0.3, 0.4) is 0 Å². The van der Waals surface area contributed by atoms with E-state index in [1.165, 1.54) is 11.1 Å². The summed E-state index contributed by atoms with van der Waals surface area (Å²) in [7, 11) is 0. The molecule has 2 aromatic carbocycles. The summed E-state index contributed by atoms with van der Waals surface area (Å²) in [4.78, 5) is 11.6. The summed E-state index contributed by atoms with van der Waals surface area (Å²) in [6.07, 6.45) is 9.34. The summed E-state index contributed by atoms with van der Waals surface area (Å²) >= 11 is 4.92. The fraction of sp³-hybridized carbons (Fsp3) is 0.393. The molecule has 2 unspecified atom stereocenters. The average molecular weight is 512 g/mol. The van der Waals surface area contributed by atoms with Crippen molar-refractivity contribution >= 4 is 28.9 Å². The second-order valence-electron chi connectivity index (χ2n) is 9.59. The minimum Gasteiger partial charge on any atom is -0.588 e. The van der Waals surface area contributed by atoms with Gasteiger partial charge >= 0.3 is 5.97 Å². The minimum atomic E-state index is -1.39. The molecule has 1 heterocycles. The molecule has 0 saturated heterocycles.